The highest BCUT2D eigenvalue weighted by molar-refractivity contribution is 6.09. The Labute approximate surface area is 130 Å². The molecule has 1 saturated heterocycles. The summed E-state index contributed by atoms with van der Waals surface area (Å²) in [5, 5.41) is 0. The van der Waals surface area contributed by atoms with Crippen LogP contribution in [0, 0.1) is 0 Å². The molecule has 1 heterocycles. The molecular formula is C15H14F3NO4. The van der Waals surface area contributed by atoms with Crippen molar-refractivity contribution in [1.82, 2.24) is 4.90 Å². The van der Waals surface area contributed by atoms with Crippen LogP contribution >= 0.6 is 0 Å². The molecule has 5 nitrogen and oxygen atoms in total. The maximum absolute atomic E-state index is 13.0. The molecule has 0 bridgehead atoms. The zero-order valence-corrected chi connectivity index (χ0v) is 12.2. The van der Waals surface area contributed by atoms with Gasteiger partial charge in [0.05, 0.1) is 0 Å². The van der Waals surface area contributed by atoms with E-state index in [-0.39, 0.29) is 11.5 Å². The summed E-state index contributed by atoms with van der Waals surface area (Å²) in [5.74, 6) is -1.75. The predicted octanol–water partition coefficient (Wildman–Crippen LogP) is 2.49. The summed E-state index contributed by atoms with van der Waals surface area (Å²) in [6.45, 7) is 0.721. The molecule has 0 radical (unpaired) electrons. The number of likely N-dealkylation sites (tertiary alicyclic amines) is 1. The number of rotatable bonds is 3. The van der Waals surface area contributed by atoms with Crippen LogP contribution in [-0.4, -0.2) is 40.8 Å². The second-order valence-electron chi connectivity index (χ2n) is 5.19. The molecule has 0 aromatic heterocycles. The summed E-state index contributed by atoms with van der Waals surface area (Å²) in [7, 11) is 0. The third kappa shape index (κ3) is 3.69. The number of hydrogen-bond donors (Lipinski definition) is 0. The molecule has 2 unspecified atom stereocenters. The number of alkyl halides is 3. The Morgan fingerprint density at radius 2 is 1.87 bits per heavy atom. The summed E-state index contributed by atoms with van der Waals surface area (Å²) >= 11 is 0. The molecular weight excluding hydrogens is 315 g/mol. The van der Waals surface area contributed by atoms with Crippen molar-refractivity contribution in [2.24, 2.45) is 0 Å². The second kappa shape index (κ2) is 6.39. The predicted molar refractivity (Wildman–Crippen MR) is 72.4 cm³/mol. The zero-order valence-electron chi connectivity index (χ0n) is 12.2. The Balaban J connectivity index is 2.18. The molecule has 0 aliphatic carbocycles. The Bertz CT molecular complexity index is 615. The molecule has 23 heavy (non-hydrogen) atoms. The fourth-order valence-corrected chi connectivity index (χ4v) is 2.46. The van der Waals surface area contributed by atoms with Gasteiger partial charge >= 0.3 is 12.3 Å². The first-order chi connectivity index (χ1) is 10.7. The largest absolute Gasteiger partial charge is 0.445 e. The Kier molecular flexibility index (Phi) is 4.72. The number of carbonyl (C=O) groups excluding carboxylic acids is 3. The lowest BCUT2D eigenvalue weighted by Crippen LogP contribution is -2.51. The van der Waals surface area contributed by atoms with E-state index in [4.69, 9.17) is 4.74 Å². The first kappa shape index (κ1) is 17.0. The van der Waals surface area contributed by atoms with E-state index in [1.165, 1.54) is 0 Å². The maximum Gasteiger partial charge on any atom is 0.411 e. The highest BCUT2D eigenvalue weighted by Gasteiger charge is 2.57. The summed E-state index contributed by atoms with van der Waals surface area (Å²) < 4.78 is 43.9. The Hall–Kier alpha value is -2.38. The van der Waals surface area contributed by atoms with Crippen LogP contribution < -0.4 is 0 Å². The number of carbonyl (C=O) groups is 3. The normalized spacial score (nSPS) is 21.4. The minimum Gasteiger partial charge on any atom is -0.445 e. The van der Waals surface area contributed by atoms with Crippen molar-refractivity contribution in [3.63, 3.8) is 0 Å². The molecule has 1 aromatic carbocycles. The first-order valence-electron chi connectivity index (χ1n) is 6.80. The van der Waals surface area contributed by atoms with Crippen molar-refractivity contribution >= 4 is 17.7 Å². The van der Waals surface area contributed by atoms with Gasteiger partial charge in [-0.25, -0.2) is 4.79 Å². The highest BCUT2D eigenvalue weighted by atomic mass is 19.4. The molecule has 0 spiro atoms. The summed E-state index contributed by atoms with van der Waals surface area (Å²) in [5.41, 5.74) is 0.578. The smallest absolute Gasteiger partial charge is 0.411 e. The second-order valence-corrected chi connectivity index (χ2v) is 5.19. The molecule has 1 fully saturated rings. The molecule has 1 aliphatic rings. The van der Waals surface area contributed by atoms with Crippen LogP contribution in [-0.2, 0) is 20.9 Å². The molecule has 1 aromatic rings. The summed E-state index contributed by atoms with van der Waals surface area (Å²) in [6, 6.07) is 4.27. The lowest BCUT2D eigenvalue weighted by molar-refractivity contribution is -0.175. The first-order valence-corrected chi connectivity index (χ1v) is 6.80. The van der Waals surface area contributed by atoms with Crippen molar-refractivity contribution in [2.75, 3.05) is 0 Å². The number of ether oxygens (including phenoxy) is 1. The maximum atomic E-state index is 13.0. The lowest BCUT2D eigenvalue weighted by Gasteiger charge is -2.28. The average Bonchev–Trinajstić information content (AvgIpc) is 2.83. The van der Waals surface area contributed by atoms with Crippen molar-refractivity contribution in [1.29, 1.82) is 0 Å². The summed E-state index contributed by atoms with van der Waals surface area (Å²) in [4.78, 5) is 35.4. The van der Waals surface area contributed by atoms with Gasteiger partial charge in [-0.1, -0.05) is 30.3 Å². The van der Waals surface area contributed by atoms with E-state index >= 15 is 0 Å². The van der Waals surface area contributed by atoms with Gasteiger partial charge in [0.25, 0.3) is 0 Å². The van der Waals surface area contributed by atoms with E-state index in [0.717, 1.165) is 6.92 Å². The molecule has 2 rings (SSSR count). The van der Waals surface area contributed by atoms with Gasteiger partial charge in [-0.15, -0.1) is 0 Å². The lowest BCUT2D eigenvalue weighted by atomic mass is 10.1. The van der Waals surface area contributed by atoms with Gasteiger partial charge in [0.1, 0.15) is 12.6 Å². The van der Waals surface area contributed by atoms with Crippen LogP contribution in [0.25, 0.3) is 0 Å². The van der Waals surface area contributed by atoms with Gasteiger partial charge in [0, 0.05) is 6.42 Å². The number of nitrogens with zero attached hydrogens (tertiary/aromatic N) is 1. The van der Waals surface area contributed by atoms with Gasteiger partial charge in [0.2, 0.25) is 0 Å². The van der Waals surface area contributed by atoms with Crippen LogP contribution in [0.15, 0.2) is 30.3 Å². The quantitative estimate of drug-likeness (QED) is 0.799. The summed E-state index contributed by atoms with van der Waals surface area (Å²) in [6.07, 6.45) is -7.08. The van der Waals surface area contributed by atoms with E-state index in [0.29, 0.717) is 5.56 Å². The minimum absolute atomic E-state index is 0.202. The van der Waals surface area contributed by atoms with Crippen molar-refractivity contribution < 1.29 is 32.3 Å². The standard InChI is InChI=1S/C15H14F3NO4/c1-9(20)13-11(21)7-12(15(16,17)18)19(13)14(22)23-8-10-5-3-2-4-6-10/h2-6,12-13H,7-8H2,1H3. The van der Waals surface area contributed by atoms with Gasteiger partial charge in [-0.3, -0.25) is 14.5 Å². The average molecular weight is 329 g/mol. The molecule has 124 valence electrons. The van der Waals surface area contributed by atoms with E-state index < -0.39 is 42.3 Å². The Morgan fingerprint density at radius 1 is 1.26 bits per heavy atom. The van der Waals surface area contributed by atoms with E-state index in [9.17, 15) is 27.6 Å². The Morgan fingerprint density at radius 3 is 2.39 bits per heavy atom. The fraction of sp³-hybridized carbons (Fsp3) is 0.400. The van der Waals surface area contributed by atoms with Crippen LogP contribution in [0.3, 0.4) is 0 Å². The zero-order chi connectivity index (χ0) is 17.2. The van der Waals surface area contributed by atoms with Crippen molar-refractivity contribution in [3.05, 3.63) is 35.9 Å². The number of Topliss-reactive ketones (excluding diaryl/α,β-unsaturated/α-hetero) is 2. The van der Waals surface area contributed by atoms with E-state index in [2.05, 4.69) is 0 Å². The molecule has 1 aliphatic heterocycles. The third-order valence-electron chi connectivity index (χ3n) is 3.49. The fourth-order valence-electron chi connectivity index (χ4n) is 2.46. The van der Waals surface area contributed by atoms with E-state index in [1.54, 1.807) is 30.3 Å². The van der Waals surface area contributed by atoms with Gasteiger partial charge in [0.15, 0.2) is 17.6 Å². The number of hydrogen-bond acceptors (Lipinski definition) is 4. The highest BCUT2D eigenvalue weighted by Crippen LogP contribution is 2.35. The number of benzene rings is 1. The van der Waals surface area contributed by atoms with E-state index in [1.807, 2.05) is 0 Å². The van der Waals surface area contributed by atoms with Gasteiger partial charge in [-0.05, 0) is 12.5 Å². The van der Waals surface area contributed by atoms with Crippen molar-refractivity contribution in [3.8, 4) is 0 Å². The monoisotopic (exact) mass is 329 g/mol. The molecule has 0 N–H and O–H groups in total. The third-order valence-corrected chi connectivity index (χ3v) is 3.49. The minimum atomic E-state index is -4.81. The molecule has 0 saturated carbocycles. The van der Waals surface area contributed by atoms with Crippen LogP contribution in [0.2, 0.25) is 0 Å². The molecule has 8 heteroatoms. The SMILES string of the molecule is CC(=O)C1C(=O)CC(C(F)(F)F)N1C(=O)OCc1ccccc1. The number of halogens is 3. The number of ketones is 2. The van der Waals surface area contributed by atoms with Gasteiger partial charge < -0.3 is 4.74 Å². The topological polar surface area (TPSA) is 63.7 Å². The van der Waals surface area contributed by atoms with Crippen LogP contribution in [0.4, 0.5) is 18.0 Å². The van der Waals surface area contributed by atoms with Crippen LogP contribution in [0.1, 0.15) is 18.9 Å². The van der Waals surface area contributed by atoms with Crippen LogP contribution in [0.5, 0.6) is 0 Å². The molecule has 2 atom stereocenters. The molecule has 1 amide bonds. The van der Waals surface area contributed by atoms with Gasteiger partial charge in [-0.2, -0.15) is 13.2 Å². The van der Waals surface area contributed by atoms with Crippen molar-refractivity contribution in [2.45, 2.75) is 38.2 Å². The number of amides is 1.